The standard InChI is InChI=1S/C15H19ClO2/c16-14(9-10-15(17)18)13-8-4-3-7-12(13)11-5-1-2-6-11/h3-4,7-8,11,14H,1-2,5-6,9-10H2,(H,17,18). The van der Waals surface area contributed by atoms with Gasteiger partial charge in [-0.15, -0.1) is 11.6 Å². The van der Waals surface area contributed by atoms with E-state index in [4.69, 9.17) is 16.7 Å². The molecule has 1 N–H and O–H groups in total. The third-order valence-corrected chi connectivity index (χ3v) is 4.19. The zero-order valence-corrected chi connectivity index (χ0v) is 11.2. The van der Waals surface area contributed by atoms with Crippen LogP contribution < -0.4 is 0 Å². The zero-order valence-electron chi connectivity index (χ0n) is 10.4. The number of halogens is 1. The van der Waals surface area contributed by atoms with Gasteiger partial charge in [0.15, 0.2) is 0 Å². The molecule has 1 aromatic rings. The molecule has 0 heterocycles. The molecular weight excluding hydrogens is 248 g/mol. The van der Waals surface area contributed by atoms with Crippen molar-refractivity contribution in [3.8, 4) is 0 Å². The van der Waals surface area contributed by atoms with E-state index in [1.54, 1.807) is 0 Å². The summed E-state index contributed by atoms with van der Waals surface area (Å²) in [6.45, 7) is 0. The van der Waals surface area contributed by atoms with Gasteiger partial charge in [0.1, 0.15) is 0 Å². The van der Waals surface area contributed by atoms with Crippen LogP contribution >= 0.6 is 11.6 Å². The maximum atomic E-state index is 10.6. The quantitative estimate of drug-likeness (QED) is 0.798. The lowest BCUT2D eigenvalue weighted by molar-refractivity contribution is -0.137. The van der Waals surface area contributed by atoms with Gasteiger partial charge in [-0.2, -0.15) is 0 Å². The molecule has 0 saturated heterocycles. The van der Waals surface area contributed by atoms with E-state index < -0.39 is 5.97 Å². The molecule has 2 rings (SSSR count). The Kier molecular flexibility index (Phi) is 4.65. The number of alkyl halides is 1. The van der Waals surface area contributed by atoms with E-state index in [0.717, 1.165) is 5.56 Å². The second-order valence-electron chi connectivity index (χ2n) is 5.01. The van der Waals surface area contributed by atoms with Crippen LogP contribution in [0.4, 0.5) is 0 Å². The van der Waals surface area contributed by atoms with E-state index in [2.05, 4.69) is 12.1 Å². The van der Waals surface area contributed by atoms with E-state index in [1.165, 1.54) is 31.2 Å². The van der Waals surface area contributed by atoms with Crippen molar-refractivity contribution in [2.24, 2.45) is 0 Å². The van der Waals surface area contributed by atoms with Crippen molar-refractivity contribution in [3.05, 3.63) is 35.4 Å². The van der Waals surface area contributed by atoms with Crippen LogP contribution in [-0.4, -0.2) is 11.1 Å². The third-order valence-electron chi connectivity index (χ3n) is 3.74. The molecular formula is C15H19ClO2. The van der Waals surface area contributed by atoms with Crippen LogP contribution in [0.3, 0.4) is 0 Å². The number of benzene rings is 1. The van der Waals surface area contributed by atoms with E-state index in [9.17, 15) is 4.79 Å². The van der Waals surface area contributed by atoms with E-state index in [-0.39, 0.29) is 11.8 Å². The fourth-order valence-corrected chi connectivity index (χ4v) is 3.12. The van der Waals surface area contributed by atoms with Crippen molar-refractivity contribution in [2.75, 3.05) is 0 Å². The van der Waals surface area contributed by atoms with Crippen molar-refractivity contribution in [1.29, 1.82) is 0 Å². The summed E-state index contributed by atoms with van der Waals surface area (Å²) in [6, 6.07) is 8.25. The summed E-state index contributed by atoms with van der Waals surface area (Å²) in [6.07, 6.45) is 5.69. The minimum Gasteiger partial charge on any atom is -0.481 e. The maximum absolute atomic E-state index is 10.6. The molecule has 18 heavy (non-hydrogen) atoms. The number of carbonyl (C=O) groups is 1. The van der Waals surface area contributed by atoms with Gasteiger partial charge in [-0.1, -0.05) is 37.1 Å². The maximum Gasteiger partial charge on any atom is 0.303 e. The molecule has 0 aliphatic heterocycles. The first kappa shape index (κ1) is 13.4. The van der Waals surface area contributed by atoms with E-state index in [0.29, 0.717) is 12.3 Å². The van der Waals surface area contributed by atoms with Gasteiger partial charge in [-0.3, -0.25) is 4.79 Å². The Balaban J connectivity index is 2.13. The van der Waals surface area contributed by atoms with Gasteiger partial charge in [-0.25, -0.2) is 0 Å². The minimum atomic E-state index is -0.779. The SMILES string of the molecule is O=C(O)CCC(Cl)c1ccccc1C1CCCC1. The Hall–Kier alpha value is -1.02. The number of carboxylic acids is 1. The molecule has 1 aliphatic carbocycles. The molecule has 0 aromatic heterocycles. The van der Waals surface area contributed by atoms with Crippen molar-refractivity contribution in [1.82, 2.24) is 0 Å². The summed E-state index contributed by atoms with van der Waals surface area (Å²) in [5.74, 6) is -0.161. The van der Waals surface area contributed by atoms with Crippen molar-refractivity contribution < 1.29 is 9.90 Å². The molecule has 0 radical (unpaired) electrons. The summed E-state index contributed by atoms with van der Waals surface area (Å²) in [5, 5.41) is 8.55. The normalized spacial score (nSPS) is 17.8. The average Bonchev–Trinajstić information content (AvgIpc) is 2.89. The number of hydrogen-bond acceptors (Lipinski definition) is 1. The average molecular weight is 267 g/mol. The Morgan fingerprint density at radius 3 is 2.67 bits per heavy atom. The van der Waals surface area contributed by atoms with Gasteiger partial charge < -0.3 is 5.11 Å². The molecule has 1 atom stereocenters. The molecule has 1 aliphatic rings. The van der Waals surface area contributed by atoms with E-state index in [1.807, 2.05) is 12.1 Å². The van der Waals surface area contributed by atoms with Gasteiger partial charge in [-0.05, 0) is 36.3 Å². The third kappa shape index (κ3) is 3.26. The molecule has 2 nitrogen and oxygen atoms in total. The topological polar surface area (TPSA) is 37.3 Å². The predicted octanol–water partition coefficient (Wildman–Crippen LogP) is 4.49. The van der Waals surface area contributed by atoms with Gasteiger partial charge in [0.25, 0.3) is 0 Å². The molecule has 0 bridgehead atoms. The van der Waals surface area contributed by atoms with Crippen molar-refractivity contribution >= 4 is 17.6 Å². The van der Waals surface area contributed by atoms with E-state index >= 15 is 0 Å². The Morgan fingerprint density at radius 2 is 2.00 bits per heavy atom. The lowest BCUT2D eigenvalue weighted by Gasteiger charge is -2.18. The van der Waals surface area contributed by atoms with Crippen LogP contribution in [0.15, 0.2) is 24.3 Å². The molecule has 1 unspecified atom stereocenters. The van der Waals surface area contributed by atoms with Crippen LogP contribution in [0.5, 0.6) is 0 Å². The summed E-state index contributed by atoms with van der Waals surface area (Å²) in [4.78, 5) is 10.6. The highest BCUT2D eigenvalue weighted by Gasteiger charge is 2.22. The number of hydrogen-bond donors (Lipinski definition) is 1. The Labute approximate surface area is 113 Å². The first-order valence-corrected chi connectivity index (χ1v) is 7.07. The lowest BCUT2D eigenvalue weighted by atomic mass is 9.90. The summed E-state index contributed by atoms with van der Waals surface area (Å²) in [7, 11) is 0. The van der Waals surface area contributed by atoms with Crippen LogP contribution in [0.1, 0.15) is 60.9 Å². The molecule has 98 valence electrons. The fraction of sp³-hybridized carbons (Fsp3) is 0.533. The number of rotatable bonds is 5. The summed E-state index contributed by atoms with van der Waals surface area (Å²) in [5.41, 5.74) is 2.47. The largest absolute Gasteiger partial charge is 0.481 e. The highest BCUT2D eigenvalue weighted by molar-refractivity contribution is 6.21. The molecule has 1 aromatic carbocycles. The number of aliphatic carboxylic acids is 1. The highest BCUT2D eigenvalue weighted by atomic mass is 35.5. The first-order chi connectivity index (χ1) is 8.68. The van der Waals surface area contributed by atoms with Gasteiger partial charge in [0, 0.05) is 6.42 Å². The van der Waals surface area contributed by atoms with Crippen molar-refractivity contribution in [2.45, 2.75) is 49.8 Å². The van der Waals surface area contributed by atoms with Gasteiger partial charge in [0.2, 0.25) is 0 Å². The minimum absolute atomic E-state index is 0.132. The Bertz CT molecular complexity index is 411. The first-order valence-electron chi connectivity index (χ1n) is 6.63. The molecule has 0 spiro atoms. The second-order valence-corrected chi connectivity index (χ2v) is 5.54. The Morgan fingerprint density at radius 1 is 1.33 bits per heavy atom. The zero-order chi connectivity index (χ0) is 13.0. The summed E-state index contributed by atoms with van der Waals surface area (Å²) < 4.78 is 0. The highest BCUT2D eigenvalue weighted by Crippen LogP contribution is 2.39. The molecule has 1 fully saturated rings. The van der Waals surface area contributed by atoms with Crippen LogP contribution in [0.25, 0.3) is 0 Å². The molecule has 1 saturated carbocycles. The predicted molar refractivity (Wildman–Crippen MR) is 73.1 cm³/mol. The lowest BCUT2D eigenvalue weighted by Crippen LogP contribution is -2.03. The molecule has 3 heteroatoms. The van der Waals surface area contributed by atoms with Gasteiger partial charge in [0.05, 0.1) is 5.38 Å². The molecule has 0 amide bonds. The number of carboxylic acid groups (broad SMARTS) is 1. The van der Waals surface area contributed by atoms with Crippen LogP contribution in [0.2, 0.25) is 0 Å². The van der Waals surface area contributed by atoms with Gasteiger partial charge >= 0.3 is 5.97 Å². The monoisotopic (exact) mass is 266 g/mol. The van der Waals surface area contributed by atoms with Crippen LogP contribution in [-0.2, 0) is 4.79 Å². The van der Waals surface area contributed by atoms with Crippen molar-refractivity contribution in [3.63, 3.8) is 0 Å². The van der Waals surface area contributed by atoms with Crippen LogP contribution in [0, 0.1) is 0 Å². The fourth-order valence-electron chi connectivity index (χ4n) is 2.81. The smallest absolute Gasteiger partial charge is 0.303 e. The second kappa shape index (κ2) is 6.24. The summed E-state index contributed by atoms with van der Waals surface area (Å²) >= 11 is 6.37.